The van der Waals surface area contributed by atoms with Crippen molar-refractivity contribution in [1.29, 1.82) is 0 Å². The second-order valence-electron chi connectivity index (χ2n) is 5.11. The van der Waals surface area contributed by atoms with Crippen LogP contribution in [0.4, 0.5) is 0 Å². The number of fused-ring (bicyclic) bond motifs is 1. The zero-order chi connectivity index (χ0) is 15.0. The van der Waals surface area contributed by atoms with Gasteiger partial charge in [0.2, 0.25) is 0 Å². The smallest absolute Gasteiger partial charge is 0.328 e. The first-order valence-electron chi connectivity index (χ1n) is 6.83. The van der Waals surface area contributed by atoms with Crippen molar-refractivity contribution in [2.75, 3.05) is 13.7 Å². The van der Waals surface area contributed by atoms with Crippen LogP contribution < -0.4 is 0 Å². The number of carbonyl (C=O) groups excluding carboxylic acids is 1. The number of piperidine rings is 1. The molecule has 2 aliphatic heterocycles. The molecule has 1 aromatic carbocycles. The van der Waals surface area contributed by atoms with Gasteiger partial charge in [-0.25, -0.2) is 4.79 Å². The van der Waals surface area contributed by atoms with Gasteiger partial charge in [-0.2, -0.15) is 8.42 Å². The Hall–Kier alpha value is -1.89. The third kappa shape index (κ3) is 2.31. The van der Waals surface area contributed by atoms with Crippen molar-refractivity contribution >= 4 is 21.8 Å². The number of esters is 1. The molecule has 0 saturated carbocycles. The topological polar surface area (TPSA) is 76.0 Å². The van der Waals surface area contributed by atoms with Gasteiger partial charge in [0.05, 0.1) is 7.11 Å². The molecule has 0 aromatic heterocycles. The van der Waals surface area contributed by atoms with Gasteiger partial charge in [-0.3, -0.25) is 0 Å². The fourth-order valence-electron chi connectivity index (χ4n) is 2.86. The molecule has 21 heavy (non-hydrogen) atoms. The molecule has 1 fully saturated rings. The highest BCUT2D eigenvalue weighted by Gasteiger charge is 2.38. The average molecular weight is 308 g/mol. The van der Waals surface area contributed by atoms with Gasteiger partial charge in [0.15, 0.2) is 5.84 Å². The van der Waals surface area contributed by atoms with E-state index in [4.69, 9.17) is 4.74 Å². The van der Waals surface area contributed by atoms with E-state index in [0.717, 1.165) is 12.8 Å². The van der Waals surface area contributed by atoms with Crippen LogP contribution in [0.2, 0.25) is 0 Å². The molecule has 0 aliphatic carbocycles. The average Bonchev–Trinajstić information content (AvgIpc) is 2.79. The number of amidine groups is 1. The quantitative estimate of drug-likeness (QED) is 0.728. The molecule has 2 aliphatic rings. The number of rotatable bonds is 1. The molecule has 1 unspecified atom stereocenters. The summed E-state index contributed by atoms with van der Waals surface area (Å²) in [6, 6.07) is 6.23. The van der Waals surface area contributed by atoms with Gasteiger partial charge in [-0.1, -0.05) is 12.1 Å². The third-order valence-electron chi connectivity index (χ3n) is 3.86. The predicted octanol–water partition coefficient (Wildman–Crippen LogP) is 1.16. The van der Waals surface area contributed by atoms with Crippen LogP contribution in [0.3, 0.4) is 0 Å². The summed E-state index contributed by atoms with van der Waals surface area (Å²) in [4.78, 5) is 13.9. The Balaban J connectivity index is 2.05. The summed E-state index contributed by atoms with van der Waals surface area (Å²) in [7, 11) is -2.32. The fourth-order valence-corrected chi connectivity index (χ4v) is 4.08. The molecule has 112 valence electrons. The molecule has 1 atom stereocenters. The lowest BCUT2D eigenvalue weighted by Gasteiger charge is -2.35. The SMILES string of the molecule is COC(=O)C1CCCCN1C1=NS(=O)(=O)c2ccccc21. The zero-order valence-electron chi connectivity index (χ0n) is 11.7. The maximum atomic E-state index is 12.1. The van der Waals surface area contributed by atoms with Crippen molar-refractivity contribution < 1.29 is 17.9 Å². The Labute approximate surface area is 123 Å². The highest BCUT2D eigenvalue weighted by molar-refractivity contribution is 7.90. The molecule has 1 aromatic rings. The number of hydrogen-bond donors (Lipinski definition) is 0. The number of hydrogen-bond acceptors (Lipinski definition) is 5. The monoisotopic (exact) mass is 308 g/mol. The van der Waals surface area contributed by atoms with E-state index < -0.39 is 16.1 Å². The molecule has 0 spiro atoms. The minimum atomic E-state index is -3.67. The summed E-state index contributed by atoms with van der Waals surface area (Å²) in [5.41, 5.74) is 0.563. The van der Waals surface area contributed by atoms with Crippen LogP contribution in [0.25, 0.3) is 0 Å². The number of carbonyl (C=O) groups is 1. The molecule has 0 N–H and O–H groups in total. The van der Waals surface area contributed by atoms with Gasteiger partial charge in [0.25, 0.3) is 10.0 Å². The molecule has 0 radical (unpaired) electrons. The lowest BCUT2D eigenvalue weighted by atomic mass is 10.0. The lowest BCUT2D eigenvalue weighted by Crippen LogP contribution is -2.48. The standard InChI is InChI=1S/C14H16N2O4S/c1-20-14(17)11-7-4-5-9-16(11)13-10-6-2-3-8-12(10)21(18,19)15-13/h2-3,6,8,11H,4-5,7,9H2,1H3. The van der Waals surface area contributed by atoms with Crippen LogP contribution in [-0.2, 0) is 19.6 Å². The Bertz CT molecular complexity index is 711. The Morgan fingerprint density at radius 2 is 2.10 bits per heavy atom. The third-order valence-corrected chi connectivity index (χ3v) is 5.19. The molecule has 0 bridgehead atoms. The van der Waals surface area contributed by atoms with E-state index in [1.54, 1.807) is 23.1 Å². The Morgan fingerprint density at radius 1 is 1.33 bits per heavy atom. The van der Waals surface area contributed by atoms with Gasteiger partial charge < -0.3 is 9.64 Å². The van der Waals surface area contributed by atoms with Gasteiger partial charge in [-0.05, 0) is 31.4 Å². The molecule has 7 heteroatoms. The molecule has 3 rings (SSSR count). The van der Waals surface area contributed by atoms with Gasteiger partial charge in [0.1, 0.15) is 10.9 Å². The second kappa shape index (κ2) is 5.14. The van der Waals surface area contributed by atoms with Crippen LogP contribution in [-0.4, -0.2) is 44.8 Å². The van der Waals surface area contributed by atoms with Crippen molar-refractivity contribution in [3.63, 3.8) is 0 Å². The van der Waals surface area contributed by atoms with Crippen molar-refractivity contribution in [2.24, 2.45) is 4.40 Å². The first-order valence-corrected chi connectivity index (χ1v) is 8.27. The van der Waals surface area contributed by atoms with E-state index in [1.807, 2.05) is 0 Å². The summed E-state index contributed by atoms with van der Waals surface area (Å²) in [5, 5.41) is 0. The second-order valence-corrected chi connectivity index (χ2v) is 6.69. The van der Waals surface area contributed by atoms with Gasteiger partial charge in [0, 0.05) is 12.1 Å². The number of likely N-dealkylation sites (tertiary alicyclic amines) is 1. The fraction of sp³-hybridized carbons (Fsp3) is 0.429. The van der Waals surface area contributed by atoms with Crippen molar-refractivity contribution in [3.05, 3.63) is 29.8 Å². The number of ether oxygens (including phenoxy) is 1. The Kier molecular flexibility index (Phi) is 3.44. The van der Waals surface area contributed by atoms with Gasteiger partial charge in [-0.15, -0.1) is 4.40 Å². The maximum absolute atomic E-state index is 12.1. The highest BCUT2D eigenvalue weighted by atomic mass is 32.2. The van der Waals surface area contributed by atoms with Crippen LogP contribution >= 0.6 is 0 Å². The molecule has 2 heterocycles. The van der Waals surface area contributed by atoms with Crippen molar-refractivity contribution in [1.82, 2.24) is 4.90 Å². The minimum Gasteiger partial charge on any atom is -0.467 e. The first kappa shape index (κ1) is 14.1. The lowest BCUT2D eigenvalue weighted by molar-refractivity contribution is -0.146. The van der Waals surface area contributed by atoms with Crippen molar-refractivity contribution in [2.45, 2.75) is 30.2 Å². The molecule has 6 nitrogen and oxygen atoms in total. The first-order chi connectivity index (χ1) is 10.0. The normalized spacial score (nSPS) is 23.4. The molecule has 0 amide bonds. The van der Waals surface area contributed by atoms with Crippen LogP contribution in [0.5, 0.6) is 0 Å². The molecular formula is C14H16N2O4S. The minimum absolute atomic E-state index is 0.203. The number of sulfonamides is 1. The molecular weight excluding hydrogens is 292 g/mol. The number of benzene rings is 1. The van der Waals surface area contributed by atoms with E-state index in [2.05, 4.69) is 4.40 Å². The summed E-state index contributed by atoms with van der Waals surface area (Å²) >= 11 is 0. The number of methoxy groups -OCH3 is 1. The van der Waals surface area contributed by atoms with E-state index in [-0.39, 0.29) is 10.9 Å². The summed E-state index contributed by atoms with van der Waals surface area (Å²) < 4.78 is 33.0. The zero-order valence-corrected chi connectivity index (χ0v) is 12.5. The molecule has 1 saturated heterocycles. The highest BCUT2D eigenvalue weighted by Crippen LogP contribution is 2.30. The van der Waals surface area contributed by atoms with E-state index in [1.165, 1.54) is 13.2 Å². The number of nitrogens with zero attached hydrogens (tertiary/aromatic N) is 2. The summed E-state index contributed by atoms with van der Waals surface area (Å²) in [6.45, 7) is 0.600. The van der Waals surface area contributed by atoms with E-state index >= 15 is 0 Å². The summed E-state index contributed by atoms with van der Waals surface area (Å²) in [5.74, 6) is 0.0138. The summed E-state index contributed by atoms with van der Waals surface area (Å²) in [6.07, 6.45) is 2.46. The van der Waals surface area contributed by atoms with Crippen molar-refractivity contribution in [3.8, 4) is 0 Å². The van der Waals surface area contributed by atoms with E-state index in [9.17, 15) is 13.2 Å². The van der Waals surface area contributed by atoms with Crippen LogP contribution in [0.1, 0.15) is 24.8 Å². The van der Waals surface area contributed by atoms with E-state index in [0.29, 0.717) is 24.4 Å². The Morgan fingerprint density at radius 3 is 2.86 bits per heavy atom. The largest absolute Gasteiger partial charge is 0.467 e. The maximum Gasteiger partial charge on any atom is 0.328 e. The predicted molar refractivity (Wildman–Crippen MR) is 76.5 cm³/mol. The van der Waals surface area contributed by atoms with Gasteiger partial charge >= 0.3 is 5.97 Å². The van der Waals surface area contributed by atoms with Crippen LogP contribution in [0, 0.1) is 0 Å². The van der Waals surface area contributed by atoms with Crippen LogP contribution in [0.15, 0.2) is 33.6 Å².